The Bertz CT molecular complexity index is 327. The molecule has 0 amide bonds. The molecule has 0 fully saturated rings. The van der Waals surface area contributed by atoms with Gasteiger partial charge in [0.25, 0.3) is 0 Å². The number of hydrogen-bond acceptors (Lipinski definition) is 2. The smallest absolute Gasteiger partial charge is 0.450 e. The van der Waals surface area contributed by atoms with Crippen molar-refractivity contribution in [3.63, 3.8) is 0 Å². The van der Waals surface area contributed by atoms with Gasteiger partial charge in [0.1, 0.15) is 5.75 Å². The highest BCUT2D eigenvalue weighted by molar-refractivity contribution is 5.86. The zero-order valence-electron chi connectivity index (χ0n) is 7.01. The molecule has 0 spiro atoms. The fourth-order valence-electron chi connectivity index (χ4n) is 0.899. The summed E-state index contributed by atoms with van der Waals surface area (Å²) in [5, 5.41) is 8.84. The molecule has 1 rings (SSSR count). The highest BCUT2D eigenvalue weighted by atomic mass is 19.4. The van der Waals surface area contributed by atoms with Gasteiger partial charge in [-0.2, -0.15) is 13.2 Å². The summed E-state index contributed by atoms with van der Waals surface area (Å²) in [6, 6.07) is 5.02. The molecule has 14 heavy (non-hydrogen) atoms. The molecule has 1 aromatic rings. The minimum absolute atomic E-state index is 0.0480. The molecule has 1 N–H and O–H groups in total. The van der Waals surface area contributed by atoms with E-state index in [4.69, 9.17) is 5.11 Å². The third-order valence-electron chi connectivity index (χ3n) is 1.62. The highest BCUT2D eigenvalue weighted by Gasteiger charge is 2.37. The first-order valence-corrected chi connectivity index (χ1v) is 3.77. The van der Waals surface area contributed by atoms with E-state index in [-0.39, 0.29) is 11.3 Å². The van der Waals surface area contributed by atoms with Crippen LogP contribution in [0, 0.1) is 0 Å². The monoisotopic (exact) mass is 204 g/mol. The van der Waals surface area contributed by atoms with Gasteiger partial charge < -0.3 is 5.11 Å². The maximum absolute atomic E-state index is 11.8. The summed E-state index contributed by atoms with van der Waals surface area (Å²) in [5.41, 5.74) is 0.227. The SMILES string of the molecule is O=C(Cc1ccc(O)cc1)C(F)(F)F. The molecule has 5 heteroatoms. The number of phenols is 1. The molecular weight excluding hydrogens is 197 g/mol. The maximum Gasteiger partial charge on any atom is 0.450 e. The maximum atomic E-state index is 11.8. The van der Waals surface area contributed by atoms with Crippen molar-refractivity contribution in [2.45, 2.75) is 12.6 Å². The number of benzene rings is 1. The average Bonchev–Trinajstić information content (AvgIpc) is 2.07. The second-order valence-corrected chi connectivity index (χ2v) is 2.76. The van der Waals surface area contributed by atoms with Crippen LogP contribution in [0.1, 0.15) is 5.56 Å². The molecule has 0 bridgehead atoms. The normalized spacial score (nSPS) is 11.4. The van der Waals surface area contributed by atoms with Crippen LogP contribution in [0.3, 0.4) is 0 Å². The van der Waals surface area contributed by atoms with E-state index in [0.717, 1.165) is 0 Å². The van der Waals surface area contributed by atoms with Crippen molar-refractivity contribution < 1.29 is 23.1 Å². The van der Waals surface area contributed by atoms with Gasteiger partial charge in [0.2, 0.25) is 5.78 Å². The number of aromatic hydroxyl groups is 1. The van der Waals surface area contributed by atoms with Crippen LogP contribution in [0.2, 0.25) is 0 Å². The second kappa shape index (κ2) is 3.69. The Hall–Kier alpha value is -1.52. The van der Waals surface area contributed by atoms with E-state index in [1.807, 2.05) is 0 Å². The molecule has 1 aromatic carbocycles. The Morgan fingerprint density at radius 1 is 1.21 bits per heavy atom. The van der Waals surface area contributed by atoms with Crippen molar-refractivity contribution in [2.75, 3.05) is 0 Å². The molecule has 2 nitrogen and oxygen atoms in total. The quantitative estimate of drug-likeness (QED) is 0.800. The summed E-state index contributed by atoms with van der Waals surface area (Å²) in [4.78, 5) is 10.5. The Balaban J connectivity index is 2.71. The van der Waals surface area contributed by atoms with Crippen LogP contribution in [0.4, 0.5) is 13.2 Å². The van der Waals surface area contributed by atoms with Crippen LogP contribution in [0.25, 0.3) is 0 Å². The van der Waals surface area contributed by atoms with Crippen molar-refractivity contribution in [3.05, 3.63) is 29.8 Å². The lowest BCUT2D eigenvalue weighted by Gasteiger charge is -2.04. The molecule has 0 unspecified atom stereocenters. The predicted octanol–water partition coefficient (Wildman–Crippen LogP) is 2.07. The fraction of sp³-hybridized carbons (Fsp3) is 0.222. The number of alkyl halides is 3. The number of hydrogen-bond donors (Lipinski definition) is 1. The molecule has 0 aliphatic carbocycles. The average molecular weight is 204 g/mol. The number of rotatable bonds is 2. The Morgan fingerprint density at radius 2 is 1.71 bits per heavy atom. The summed E-state index contributed by atoms with van der Waals surface area (Å²) in [6.45, 7) is 0. The van der Waals surface area contributed by atoms with Crippen molar-refractivity contribution in [1.82, 2.24) is 0 Å². The van der Waals surface area contributed by atoms with Crippen LogP contribution in [-0.4, -0.2) is 17.1 Å². The topological polar surface area (TPSA) is 37.3 Å². The first-order valence-electron chi connectivity index (χ1n) is 3.77. The lowest BCUT2D eigenvalue weighted by Crippen LogP contribution is -2.24. The van der Waals surface area contributed by atoms with Gasteiger partial charge in [-0.3, -0.25) is 4.79 Å². The minimum Gasteiger partial charge on any atom is -0.508 e. The van der Waals surface area contributed by atoms with Crippen molar-refractivity contribution in [1.29, 1.82) is 0 Å². The number of ketones is 1. The molecule has 0 atom stereocenters. The van der Waals surface area contributed by atoms with Gasteiger partial charge in [0.15, 0.2) is 0 Å². The zero-order chi connectivity index (χ0) is 10.8. The summed E-state index contributed by atoms with van der Waals surface area (Å²) >= 11 is 0. The van der Waals surface area contributed by atoms with E-state index in [9.17, 15) is 18.0 Å². The molecule has 0 radical (unpaired) electrons. The summed E-state index contributed by atoms with van der Waals surface area (Å²) < 4.78 is 35.4. The molecule has 76 valence electrons. The second-order valence-electron chi connectivity index (χ2n) is 2.76. The zero-order valence-corrected chi connectivity index (χ0v) is 7.01. The van der Waals surface area contributed by atoms with Gasteiger partial charge in [0, 0.05) is 6.42 Å². The van der Waals surface area contributed by atoms with E-state index in [0.29, 0.717) is 0 Å². The lowest BCUT2D eigenvalue weighted by molar-refractivity contribution is -0.170. The predicted molar refractivity (Wildman–Crippen MR) is 42.9 cm³/mol. The number of phenolic OH excluding ortho intramolecular Hbond substituents is 1. The van der Waals surface area contributed by atoms with E-state index in [1.54, 1.807) is 0 Å². The first kappa shape index (κ1) is 10.6. The summed E-state index contributed by atoms with van der Waals surface area (Å²) in [5.74, 6) is -1.84. The van der Waals surface area contributed by atoms with Crippen LogP contribution >= 0.6 is 0 Å². The molecule has 0 aromatic heterocycles. The van der Waals surface area contributed by atoms with Crippen LogP contribution in [0.5, 0.6) is 5.75 Å². The van der Waals surface area contributed by atoms with Crippen LogP contribution in [-0.2, 0) is 11.2 Å². The number of carbonyl (C=O) groups is 1. The molecule has 0 heterocycles. The van der Waals surface area contributed by atoms with Gasteiger partial charge in [0.05, 0.1) is 0 Å². The molecule has 0 saturated heterocycles. The number of Topliss-reactive ketones (excluding diaryl/α,β-unsaturated/α-hetero) is 1. The largest absolute Gasteiger partial charge is 0.508 e. The van der Waals surface area contributed by atoms with Crippen LogP contribution in [0.15, 0.2) is 24.3 Å². The number of halogens is 3. The Morgan fingerprint density at radius 3 is 2.14 bits per heavy atom. The fourth-order valence-corrected chi connectivity index (χ4v) is 0.899. The van der Waals surface area contributed by atoms with E-state index in [1.165, 1.54) is 24.3 Å². The van der Waals surface area contributed by atoms with E-state index >= 15 is 0 Å². The number of carbonyl (C=O) groups excluding carboxylic acids is 1. The van der Waals surface area contributed by atoms with Gasteiger partial charge in [-0.1, -0.05) is 12.1 Å². The highest BCUT2D eigenvalue weighted by Crippen LogP contribution is 2.19. The lowest BCUT2D eigenvalue weighted by atomic mass is 10.1. The van der Waals surface area contributed by atoms with Gasteiger partial charge >= 0.3 is 6.18 Å². The summed E-state index contributed by atoms with van der Waals surface area (Å²) in [7, 11) is 0. The van der Waals surface area contributed by atoms with Crippen molar-refractivity contribution >= 4 is 5.78 Å². The van der Waals surface area contributed by atoms with Gasteiger partial charge in [-0.25, -0.2) is 0 Å². The molecule has 0 aliphatic heterocycles. The van der Waals surface area contributed by atoms with Gasteiger partial charge in [-0.15, -0.1) is 0 Å². The minimum atomic E-state index is -4.79. The third-order valence-corrected chi connectivity index (χ3v) is 1.62. The van der Waals surface area contributed by atoms with Crippen LogP contribution < -0.4 is 0 Å². The molecule has 0 aliphatic rings. The van der Waals surface area contributed by atoms with Crippen molar-refractivity contribution in [3.8, 4) is 5.75 Å². The van der Waals surface area contributed by atoms with Gasteiger partial charge in [-0.05, 0) is 17.7 Å². The van der Waals surface area contributed by atoms with Crippen molar-refractivity contribution in [2.24, 2.45) is 0 Å². The Kier molecular flexibility index (Phi) is 2.78. The van der Waals surface area contributed by atoms with E-state index in [2.05, 4.69) is 0 Å². The first-order chi connectivity index (χ1) is 6.39. The molecule has 0 saturated carbocycles. The standard InChI is InChI=1S/C9H7F3O2/c10-9(11,12)8(14)5-6-1-3-7(13)4-2-6/h1-4,13H,5H2. The Labute approximate surface area is 78.0 Å². The summed E-state index contributed by atoms with van der Waals surface area (Å²) in [6.07, 6.45) is -5.48. The van der Waals surface area contributed by atoms with E-state index < -0.39 is 18.4 Å². The molecular formula is C9H7F3O2. The third kappa shape index (κ3) is 2.76.